The Hall–Kier alpha value is -2.24. The molecule has 0 radical (unpaired) electrons. The number of carbonyl (C=O) groups excluding carboxylic acids is 2. The molecule has 0 unspecified atom stereocenters. The highest BCUT2D eigenvalue weighted by atomic mass is 32.2. The summed E-state index contributed by atoms with van der Waals surface area (Å²) >= 11 is 1.19. The van der Waals surface area contributed by atoms with Gasteiger partial charge in [-0.15, -0.1) is 0 Å². The predicted octanol–water partition coefficient (Wildman–Crippen LogP) is 1.21. The maximum absolute atomic E-state index is 12.2. The Labute approximate surface area is 143 Å². The van der Waals surface area contributed by atoms with Gasteiger partial charge in [0, 0.05) is 19.5 Å². The van der Waals surface area contributed by atoms with Crippen molar-refractivity contribution in [3.8, 4) is 6.07 Å². The van der Waals surface area contributed by atoms with Crippen LogP contribution in [0.25, 0.3) is 0 Å². The quantitative estimate of drug-likeness (QED) is 0.879. The van der Waals surface area contributed by atoms with Crippen molar-refractivity contribution in [3.05, 3.63) is 34.8 Å². The molecule has 24 heavy (non-hydrogen) atoms. The Morgan fingerprint density at radius 1 is 1.46 bits per heavy atom. The van der Waals surface area contributed by atoms with E-state index in [-0.39, 0.29) is 24.0 Å². The zero-order chi connectivity index (χ0) is 16.9. The molecule has 126 valence electrons. The van der Waals surface area contributed by atoms with Crippen molar-refractivity contribution in [2.45, 2.75) is 12.3 Å². The monoisotopic (exact) mass is 347 g/mol. The second-order valence-electron chi connectivity index (χ2n) is 5.46. The number of hydrogen-bond donors (Lipinski definition) is 1. The number of nitriles is 1. The van der Waals surface area contributed by atoms with Gasteiger partial charge in [0.05, 0.1) is 47.8 Å². The van der Waals surface area contributed by atoms with E-state index in [4.69, 9.17) is 9.15 Å². The zero-order valence-corrected chi connectivity index (χ0v) is 13.8. The van der Waals surface area contributed by atoms with Crippen LogP contribution in [0, 0.1) is 11.3 Å². The number of nitrogens with one attached hydrogen (secondary N) is 1. The number of rotatable bonds is 4. The van der Waals surface area contributed by atoms with Crippen molar-refractivity contribution in [1.82, 2.24) is 10.2 Å². The molecule has 3 heterocycles. The number of furan rings is 1. The molecule has 0 spiro atoms. The van der Waals surface area contributed by atoms with Crippen LogP contribution in [0.2, 0.25) is 0 Å². The number of thioether (sulfide) groups is 1. The number of carbonyl (C=O) groups is 2. The van der Waals surface area contributed by atoms with Gasteiger partial charge in [-0.05, 0) is 12.1 Å². The Morgan fingerprint density at radius 2 is 2.25 bits per heavy atom. The Kier molecular flexibility index (Phi) is 5.23. The van der Waals surface area contributed by atoms with Crippen LogP contribution in [-0.4, -0.2) is 48.8 Å². The standard InChI is InChI=1S/C16H17N3O4S/c17-9-12-11(13-2-1-5-23-13)8-14(20)18-16(12)24-10-15(21)19-3-6-22-7-4-19/h1-2,5,11H,3-4,6-8,10H2,(H,18,20)/t11-/m1/s1. The molecule has 2 aliphatic rings. The largest absolute Gasteiger partial charge is 0.469 e. The number of allylic oxidation sites excluding steroid dienone is 1. The Balaban J connectivity index is 1.73. The van der Waals surface area contributed by atoms with Gasteiger partial charge in [0.15, 0.2) is 0 Å². The second kappa shape index (κ2) is 7.55. The van der Waals surface area contributed by atoms with Crippen molar-refractivity contribution in [3.63, 3.8) is 0 Å². The van der Waals surface area contributed by atoms with Crippen LogP contribution >= 0.6 is 11.8 Å². The lowest BCUT2D eigenvalue weighted by atomic mass is 9.92. The van der Waals surface area contributed by atoms with Gasteiger partial charge in [-0.1, -0.05) is 11.8 Å². The molecule has 1 saturated heterocycles. The molecule has 1 aromatic rings. The number of amides is 2. The van der Waals surface area contributed by atoms with Crippen molar-refractivity contribution in [2.75, 3.05) is 32.1 Å². The third kappa shape index (κ3) is 3.63. The van der Waals surface area contributed by atoms with Gasteiger partial charge < -0.3 is 19.4 Å². The molecule has 1 aromatic heterocycles. The minimum Gasteiger partial charge on any atom is -0.469 e. The van der Waals surface area contributed by atoms with Gasteiger partial charge in [0.25, 0.3) is 0 Å². The Bertz CT molecular complexity index is 687. The molecule has 2 amide bonds. The molecule has 2 aliphatic heterocycles. The Morgan fingerprint density at radius 3 is 2.92 bits per heavy atom. The fourth-order valence-corrected chi connectivity index (χ4v) is 3.68. The molecule has 7 nitrogen and oxygen atoms in total. The van der Waals surface area contributed by atoms with Crippen LogP contribution in [0.15, 0.2) is 33.4 Å². The smallest absolute Gasteiger partial charge is 0.233 e. The molecule has 3 rings (SSSR count). The molecular formula is C16H17N3O4S. The normalized spacial score (nSPS) is 21.4. The number of ether oxygens (including phenoxy) is 1. The summed E-state index contributed by atoms with van der Waals surface area (Å²) in [6, 6.07) is 5.63. The predicted molar refractivity (Wildman–Crippen MR) is 86.7 cm³/mol. The highest BCUT2D eigenvalue weighted by Gasteiger charge is 2.31. The summed E-state index contributed by atoms with van der Waals surface area (Å²) in [6.07, 6.45) is 1.68. The number of nitrogens with zero attached hydrogens (tertiary/aromatic N) is 2. The minimum atomic E-state index is -0.403. The molecule has 1 atom stereocenters. The first-order chi connectivity index (χ1) is 11.7. The van der Waals surface area contributed by atoms with Crippen LogP contribution in [0.5, 0.6) is 0 Å². The van der Waals surface area contributed by atoms with Crippen LogP contribution < -0.4 is 5.32 Å². The highest BCUT2D eigenvalue weighted by molar-refractivity contribution is 8.03. The molecular weight excluding hydrogens is 330 g/mol. The molecule has 0 saturated carbocycles. The third-order valence-electron chi connectivity index (χ3n) is 3.95. The van der Waals surface area contributed by atoms with Crippen molar-refractivity contribution >= 4 is 23.6 Å². The summed E-state index contributed by atoms with van der Waals surface area (Å²) in [5.74, 6) is 0.143. The average Bonchev–Trinajstić information content (AvgIpc) is 3.14. The maximum Gasteiger partial charge on any atom is 0.233 e. The van der Waals surface area contributed by atoms with Crippen LogP contribution in [0.3, 0.4) is 0 Å². The first-order valence-corrected chi connectivity index (χ1v) is 8.63. The fraction of sp³-hybridized carbons (Fsp3) is 0.438. The van der Waals surface area contributed by atoms with Gasteiger partial charge in [0.2, 0.25) is 11.8 Å². The van der Waals surface area contributed by atoms with E-state index in [9.17, 15) is 14.9 Å². The van der Waals surface area contributed by atoms with E-state index in [0.29, 0.717) is 42.7 Å². The van der Waals surface area contributed by atoms with Crippen molar-refractivity contribution < 1.29 is 18.7 Å². The summed E-state index contributed by atoms with van der Waals surface area (Å²) in [6.45, 7) is 2.23. The SMILES string of the molecule is N#CC1=C(SCC(=O)N2CCOCC2)NC(=O)C[C@H]1c1ccco1. The average molecular weight is 347 g/mol. The molecule has 1 fully saturated rings. The molecule has 0 aliphatic carbocycles. The summed E-state index contributed by atoms with van der Waals surface area (Å²) < 4.78 is 10.6. The van der Waals surface area contributed by atoms with E-state index in [1.807, 2.05) is 0 Å². The molecule has 8 heteroatoms. The van der Waals surface area contributed by atoms with E-state index in [2.05, 4.69) is 11.4 Å². The zero-order valence-electron chi connectivity index (χ0n) is 13.0. The lowest BCUT2D eigenvalue weighted by molar-refractivity contribution is -0.132. The molecule has 1 N–H and O–H groups in total. The van der Waals surface area contributed by atoms with Crippen molar-refractivity contribution in [2.24, 2.45) is 0 Å². The summed E-state index contributed by atoms with van der Waals surface area (Å²) in [7, 11) is 0. The van der Waals surface area contributed by atoms with Gasteiger partial charge in [-0.2, -0.15) is 5.26 Å². The summed E-state index contributed by atoms with van der Waals surface area (Å²) in [5, 5.41) is 12.7. The third-order valence-corrected chi connectivity index (χ3v) is 4.95. The van der Waals surface area contributed by atoms with E-state index >= 15 is 0 Å². The number of morpholine rings is 1. The van der Waals surface area contributed by atoms with Crippen LogP contribution in [0.4, 0.5) is 0 Å². The topological polar surface area (TPSA) is 95.6 Å². The van der Waals surface area contributed by atoms with Gasteiger partial charge in [-0.3, -0.25) is 9.59 Å². The first-order valence-electron chi connectivity index (χ1n) is 7.65. The van der Waals surface area contributed by atoms with E-state index < -0.39 is 5.92 Å². The van der Waals surface area contributed by atoms with Crippen LogP contribution in [-0.2, 0) is 14.3 Å². The molecule has 0 bridgehead atoms. The minimum absolute atomic E-state index is 0.0255. The highest BCUT2D eigenvalue weighted by Crippen LogP contribution is 2.36. The van der Waals surface area contributed by atoms with Gasteiger partial charge in [-0.25, -0.2) is 0 Å². The van der Waals surface area contributed by atoms with E-state index in [1.165, 1.54) is 18.0 Å². The van der Waals surface area contributed by atoms with E-state index in [1.54, 1.807) is 17.0 Å². The van der Waals surface area contributed by atoms with E-state index in [0.717, 1.165) is 0 Å². The summed E-state index contributed by atoms with van der Waals surface area (Å²) in [4.78, 5) is 25.9. The van der Waals surface area contributed by atoms with Gasteiger partial charge >= 0.3 is 0 Å². The summed E-state index contributed by atoms with van der Waals surface area (Å²) in [5.41, 5.74) is 0.435. The lowest BCUT2D eigenvalue weighted by Gasteiger charge is -2.27. The number of hydrogen-bond acceptors (Lipinski definition) is 6. The second-order valence-corrected chi connectivity index (χ2v) is 6.44. The first kappa shape index (κ1) is 16.6. The van der Waals surface area contributed by atoms with Gasteiger partial charge in [0.1, 0.15) is 5.76 Å². The lowest BCUT2D eigenvalue weighted by Crippen LogP contribution is -2.42. The maximum atomic E-state index is 12.2. The molecule has 0 aromatic carbocycles. The van der Waals surface area contributed by atoms with Crippen LogP contribution in [0.1, 0.15) is 18.1 Å². The fourth-order valence-electron chi connectivity index (χ4n) is 2.70. The van der Waals surface area contributed by atoms with Crippen molar-refractivity contribution in [1.29, 1.82) is 5.26 Å².